The minimum atomic E-state index is -1.10. The molecule has 1 aliphatic heterocycles. The Morgan fingerprint density at radius 2 is 2.15 bits per heavy atom. The van der Waals surface area contributed by atoms with Crippen molar-refractivity contribution in [3.63, 3.8) is 0 Å². The second kappa shape index (κ2) is 5.72. The number of rotatable bonds is 6. The topological polar surface area (TPSA) is 78.4 Å². The molecular formula is C15H26N2O3. The van der Waals surface area contributed by atoms with E-state index in [4.69, 9.17) is 0 Å². The van der Waals surface area contributed by atoms with Gasteiger partial charge in [0.2, 0.25) is 5.91 Å². The van der Waals surface area contributed by atoms with E-state index in [1.165, 1.54) is 0 Å². The van der Waals surface area contributed by atoms with Crippen molar-refractivity contribution in [3.8, 4) is 0 Å². The molecule has 2 fully saturated rings. The maximum absolute atomic E-state index is 12.7. The Kier molecular flexibility index (Phi) is 4.37. The van der Waals surface area contributed by atoms with Crippen LogP contribution in [0.1, 0.15) is 52.4 Å². The summed E-state index contributed by atoms with van der Waals surface area (Å²) in [6.45, 7) is 5.33. The van der Waals surface area contributed by atoms with Crippen LogP contribution in [0.3, 0.4) is 0 Å². The number of piperidine rings is 1. The van der Waals surface area contributed by atoms with Crippen molar-refractivity contribution >= 4 is 11.9 Å². The van der Waals surface area contributed by atoms with Crippen LogP contribution in [0.5, 0.6) is 0 Å². The maximum Gasteiger partial charge on any atom is 0.329 e. The summed E-state index contributed by atoms with van der Waals surface area (Å²) in [4.78, 5) is 24.3. The predicted molar refractivity (Wildman–Crippen MR) is 76.4 cm³/mol. The Morgan fingerprint density at radius 1 is 1.45 bits per heavy atom. The first-order chi connectivity index (χ1) is 9.44. The van der Waals surface area contributed by atoms with E-state index in [9.17, 15) is 14.7 Å². The number of hydrogen-bond acceptors (Lipinski definition) is 3. The highest BCUT2D eigenvalue weighted by molar-refractivity contribution is 5.90. The van der Waals surface area contributed by atoms with E-state index in [-0.39, 0.29) is 11.8 Å². The number of aliphatic carboxylic acids is 1. The fourth-order valence-corrected chi connectivity index (χ4v) is 3.33. The molecule has 1 amide bonds. The Hall–Kier alpha value is -1.10. The Bertz CT molecular complexity index is 381. The van der Waals surface area contributed by atoms with Crippen LogP contribution < -0.4 is 10.6 Å². The monoisotopic (exact) mass is 282 g/mol. The van der Waals surface area contributed by atoms with Crippen molar-refractivity contribution in [3.05, 3.63) is 0 Å². The number of carboxylic acids is 1. The average molecular weight is 282 g/mol. The normalized spacial score (nSPS) is 29.5. The molecule has 20 heavy (non-hydrogen) atoms. The summed E-state index contributed by atoms with van der Waals surface area (Å²) < 4.78 is 0. The van der Waals surface area contributed by atoms with Crippen molar-refractivity contribution in [1.29, 1.82) is 0 Å². The van der Waals surface area contributed by atoms with E-state index >= 15 is 0 Å². The number of carboxylic acid groups (broad SMARTS) is 1. The quantitative estimate of drug-likeness (QED) is 0.690. The zero-order valence-corrected chi connectivity index (χ0v) is 12.5. The highest BCUT2D eigenvalue weighted by Gasteiger charge is 2.51. The van der Waals surface area contributed by atoms with Gasteiger partial charge in [-0.25, -0.2) is 4.79 Å². The van der Waals surface area contributed by atoms with Crippen LogP contribution in [0.25, 0.3) is 0 Å². The summed E-state index contributed by atoms with van der Waals surface area (Å²) in [6.07, 6.45) is 5.35. The molecule has 2 atom stereocenters. The summed E-state index contributed by atoms with van der Waals surface area (Å²) >= 11 is 0. The highest BCUT2D eigenvalue weighted by Crippen LogP contribution is 2.41. The predicted octanol–water partition coefficient (Wildman–Crippen LogP) is 1.53. The molecule has 0 radical (unpaired) electrons. The van der Waals surface area contributed by atoms with Crippen molar-refractivity contribution in [2.75, 3.05) is 13.1 Å². The van der Waals surface area contributed by atoms with E-state index in [1.54, 1.807) is 6.92 Å². The van der Waals surface area contributed by atoms with Gasteiger partial charge in [0.25, 0.3) is 0 Å². The van der Waals surface area contributed by atoms with Gasteiger partial charge in [0.15, 0.2) is 0 Å². The third kappa shape index (κ3) is 2.82. The standard InChI is InChI=1S/C15H26N2O3/c1-3-7-15(8-4-9-16-10-15)12(18)17-14(2,13(19)20)11-5-6-11/h11,16H,3-10H2,1-2H3,(H,17,18)(H,19,20). The summed E-state index contributed by atoms with van der Waals surface area (Å²) in [5.41, 5.74) is -1.53. The van der Waals surface area contributed by atoms with Crippen LogP contribution >= 0.6 is 0 Å². The number of carbonyl (C=O) groups is 2. The summed E-state index contributed by atoms with van der Waals surface area (Å²) in [6, 6.07) is 0. The molecule has 1 heterocycles. The minimum Gasteiger partial charge on any atom is -0.480 e. The van der Waals surface area contributed by atoms with E-state index in [1.807, 2.05) is 0 Å². The van der Waals surface area contributed by atoms with E-state index in [0.717, 1.165) is 45.1 Å². The first-order valence-electron chi connectivity index (χ1n) is 7.71. The largest absolute Gasteiger partial charge is 0.480 e. The summed E-state index contributed by atoms with van der Waals surface area (Å²) in [5, 5.41) is 15.6. The molecule has 2 unspecified atom stereocenters. The van der Waals surface area contributed by atoms with Crippen LogP contribution in [-0.2, 0) is 9.59 Å². The second-order valence-electron chi connectivity index (χ2n) is 6.55. The van der Waals surface area contributed by atoms with Gasteiger partial charge in [0.1, 0.15) is 5.54 Å². The number of hydrogen-bond donors (Lipinski definition) is 3. The molecule has 1 saturated carbocycles. The molecule has 5 heteroatoms. The maximum atomic E-state index is 12.7. The van der Waals surface area contributed by atoms with Gasteiger partial charge >= 0.3 is 5.97 Å². The molecule has 5 nitrogen and oxygen atoms in total. The molecule has 0 spiro atoms. The first kappa shape index (κ1) is 15.3. The van der Waals surface area contributed by atoms with Gasteiger partial charge in [-0.3, -0.25) is 4.79 Å². The third-order valence-corrected chi connectivity index (χ3v) is 4.89. The molecule has 1 aliphatic carbocycles. The highest BCUT2D eigenvalue weighted by atomic mass is 16.4. The summed E-state index contributed by atoms with van der Waals surface area (Å²) in [7, 11) is 0. The molecule has 0 aromatic heterocycles. The minimum absolute atomic E-state index is 0.0802. The molecule has 2 aliphatic rings. The zero-order valence-electron chi connectivity index (χ0n) is 12.5. The molecule has 114 valence electrons. The van der Waals surface area contributed by atoms with Crippen LogP contribution in [0.2, 0.25) is 0 Å². The van der Waals surface area contributed by atoms with Crippen LogP contribution in [-0.4, -0.2) is 35.6 Å². The lowest BCUT2D eigenvalue weighted by Gasteiger charge is -2.39. The van der Waals surface area contributed by atoms with Crippen LogP contribution in [0.4, 0.5) is 0 Å². The molecule has 2 rings (SSSR count). The molecule has 3 N–H and O–H groups in total. The van der Waals surface area contributed by atoms with Crippen LogP contribution in [0, 0.1) is 11.3 Å². The van der Waals surface area contributed by atoms with Gasteiger partial charge in [0.05, 0.1) is 5.41 Å². The first-order valence-corrected chi connectivity index (χ1v) is 7.71. The lowest BCUT2D eigenvalue weighted by molar-refractivity contribution is -0.150. The number of carbonyl (C=O) groups excluding carboxylic acids is 1. The molecule has 0 aromatic rings. The lowest BCUT2D eigenvalue weighted by atomic mass is 9.75. The van der Waals surface area contributed by atoms with Crippen molar-refractivity contribution in [2.24, 2.45) is 11.3 Å². The van der Waals surface area contributed by atoms with Crippen molar-refractivity contribution in [1.82, 2.24) is 10.6 Å². The van der Waals surface area contributed by atoms with E-state index < -0.39 is 16.9 Å². The molecule has 1 saturated heterocycles. The Morgan fingerprint density at radius 3 is 2.60 bits per heavy atom. The Balaban J connectivity index is 2.13. The Labute approximate surface area is 120 Å². The molecular weight excluding hydrogens is 256 g/mol. The van der Waals surface area contributed by atoms with Crippen LogP contribution in [0.15, 0.2) is 0 Å². The fourth-order valence-electron chi connectivity index (χ4n) is 3.33. The van der Waals surface area contributed by atoms with Crippen molar-refractivity contribution in [2.45, 2.75) is 57.9 Å². The zero-order chi connectivity index (χ0) is 14.8. The smallest absolute Gasteiger partial charge is 0.329 e. The number of nitrogens with one attached hydrogen (secondary N) is 2. The molecule has 0 bridgehead atoms. The van der Waals surface area contributed by atoms with E-state index in [0.29, 0.717) is 6.54 Å². The average Bonchev–Trinajstić information content (AvgIpc) is 3.24. The fraction of sp³-hybridized carbons (Fsp3) is 0.867. The van der Waals surface area contributed by atoms with Gasteiger partial charge in [0, 0.05) is 6.54 Å². The molecule has 0 aromatic carbocycles. The van der Waals surface area contributed by atoms with Gasteiger partial charge < -0.3 is 15.7 Å². The van der Waals surface area contributed by atoms with Gasteiger partial charge in [-0.1, -0.05) is 13.3 Å². The van der Waals surface area contributed by atoms with E-state index in [2.05, 4.69) is 17.6 Å². The second-order valence-corrected chi connectivity index (χ2v) is 6.55. The van der Waals surface area contributed by atoms with Crippen molar-refractivity contribution < 1.29 is 14.7 Å². The van der Waals surface area contributed by atoms with Gasteiger partial charge in [-0.15, -0.1) is 0 Å². The number of amides is 1. The van der Waals surface area contributed by atoms with Gasteiger partial charge in [-0.2, -0.15) is 0 Å². The SMILES string of the molecule is CCCC1(C(=O)NC(C)(C(=O)O)C2CC2)CCCNC1. The lowest BCUT2D eigenvalue weighted by Crippen LogP contribution is -2.60. The third-order valence-electron chi connectivity index (χ3n) is 4.89. The van der Waals surface area contributed by atoms with Gasteiger partial charge in [-0.05, 0) is 51.5 Å². The summed E-state index contributed by atoms with van der Waals surface area (Å²) in [5.74, 6) is -0.911.